The Morgan fingerprint density at radius 3 is 2.29 bits per heavy atom. The first-order valence-corrected chi connectivity index (χ1v) is 11.9. The number of ether oxygens (including phenoxy) is 4. The van der Waals surface area contributed by atoms with E-state index in [9.17, 15) is 14.4 Å². The molecule has 1 unspecified atom stereocenters. The number of esters is 3. The van der Waals surface area contributed by atoms with Crippen LogP contribution in [0.1, 0.15) is 70.8 Å². The Bertz CT molecular complexity index is 1130. The second kappa shape index (κ2) is 10.3. The number of nitrogens with zero attached hydrogens (tertiary/aromatic N) is 4. The van der Waals surface area contributed by atoms with E-state index in [4.69, 9.17) is 41.3 Å². The number of nitrogens with two attached hydrogens (primary N) is 1. The molecule has 0 amide bonds. The summed E-state index contributed by atoms with van der Waals surface area (Å²) < 4.78 is 24.2. The summed E-state index contributed by atoms with van der Waals surface area (Å²) in [5, 5.41) is 0.0818. The topological polar surface area (TPSA) is 158 Å². The van der Waals surface area contributed by atoms with E-state index in [-0.39, 0.29) is 23.6 Å². The third-order valence-electron chi connectivity index (χ3n) is 6.11. The molecule has 0 radical (unpaired) electrons. The molecule has 2 fully saturated rings. The predicted octanol–water partition coefficient (Wildman–Crippen LogP) is 2.43. The average Bonchev–Trinajstić information content (AvgIpc) is 3.31. The van der Waals surface area contributed by atoms with E-state index in [0.29, 0.717) is 17.0 Å². The van der Waals surface area contributed by atoms with Gasteiger partial charge in [-0.25, -0.2) is 4.98 Å². The second-order valence-electron chi connectivity index (χ2n) is 8.74. The molecule has 2 aliphatic rings. The smallest absolute Gasteiger partial charge is 0.303 e. The summed E-state index contributed by atoms with van der Waals surface area (Å²) in [6, 6.07) is 0. The number of nitrogen functional groups attached to an aromatic ring is 1. The third-order valence-corrected chi connectivity index (χ3v) is 6.37. The van der Waals surface area contributed by atoms with Crippen LogP contribution in [0.2, 0.25) is 5.15 Å². The molecule has 2 aromatic rings. The van der Waals surface area contributed by atoms with Crippen molar-refractivity contribution in [2.24, 2.45) is 0 Å². The largest absolute Gasteiger partial charge is 0.463 e. The molecule has 3 heterocycles. The Balaban J connectivity index is 1.86. The van der Waals surface area contributed by atoms with Crippen molar-refractivity contribution >= 4 is 46.6 Å². The summed E-state index contributed by atoms with van der Waals surface area (Å²) in [7, 11) is 0. The van der Waals surface area contributed by atoms with Crippen LogP contribution in [0.5, 0.6) is 0 Å². The van der Waals surface area contributed by atoms with Crippen LogP contribution >= 0.6 is 11.6 Å². The molecular weight excluding hydrogens is 482 g/mol. The van der Waals surface area contributed by atoms with Crippen molar-refractivity contribution in [3.05, 3.63) is 11.0 Å². The second-order valence-corrected chi connectivity index (χ2v) is 9.09. The molecule has 13 heteroatoms. The van der Waals surface area contributed by atoms with E-state index >= 15 is 0 Å². The van der Waals surface area contributed by atoms with E-state index in [2.05, 4.69) is 9.97 Å². The summed E-state index contributed by atoms with van der Waals surface area (Å²) in [5.41, 5.74) is 6.53. The molecule has 0 aromatic carbocycles. The Hall–Kier alpha value is -2.99. The van der Waals surface area contributed by atoms with E-state index in [0.717, 1.165) is 32.1 Å². The molecule has 0 bridgehead atoms. The minimum atomic E-state index is -1.08. The SMILES string of the molecule is CC(=O)OC[C@@H]1OC(n2c(C3CCCCC3)nc3c(Cl)nc(N)nc32)[C@@H](OC(C)=O)[C@@H]1OC(C)=O. The Morgan fingerprint density at radius 2 is 1.66 bits per heavy atom. The fourth-order valence-corrected chi connectivity index (χ4v) is 4.99. The highest BCUT2D eigenvalue weighted by Gasteiger charge is 2.52. The minimum Gasteiger partial charge on any atom is -0.463 e. The molecule has 12 nitrogen and oxygen atoms in total. The molecule has 1 saturated heterocycles. The van der Waals surface area contributed by atoms with Gasteiger partial charge in [-0.2, -0.15) is 9.97 Å². The van der Waals surface area contributed by atoms with Crippen LogP contribution < -0.4 is 5.73 Å². The van der Waals surface area contributed by atoms with Gasteiger partial charge >= 0.3 is 17.9 Å². The summed E-state index contributed by atoms with van der Waals surface area (Å²) >= 11 is 6.36. The van der Waals surface area contributed by atoms with Crippen molar-refractivity contribution in [1.29, 1.82) is 0 Å². The first-order valence-electron chi connectivity index (χ1n) is 11.5. The Morgan fingerprint density at radius 1 is 1.00 bits per heavy atom. The van der Waals surface area contributed by atoms with Crippen molar-refractivity contribution in [2.75, 3.05) is 12.3 Å². The molecule has 4 atom stereocenters. The van der Waals surface area contributed by atoms with E-state index < -0.39 is 42.4 Å². The molecule has 2 aromatic heterocycles. The van der Waals surface area contributed by atoms with Gasteiger partial charge in [-0.05, 0) is 12.8 Å². The van der Waals surface area contributed by atoms with Gasteiger partial charge in [0, 0.05) is 26.7 Å². The molecule has 2 N–H and O–H groups in total. The molecule has 190 valence electrons. The normalized spacial score (nSPS) is 24.9. The van der Waals surface area contributed by atoms with E-state index in [1.807, 2.05) is 0 Å². The number of hydrogen-bond donors (Lipinski definition) is 1. The number of fused-ring (bicyclic) bond motifs is 1. The maximum Gasteiger partial charge on any atom is 0.303 e. The maximum atomic E-state index is 12.1. The maximum absolute atomic E-state index is 12.1. The molecule has 1 aliphatic heterocycles. The van der Waals surface area contributed by atoms with Gasteiger partial charge in [-0.3, -0.25) is 19.0 Å². The number of hydrogen-bond acceptors (Lipinski definition) is 11. The molecular formula is C22H28ClN5O7. The minimum absolute atomic E-state index is 0.0612. The number of aromatic nitrogens is 4. The molecule has 0 spiro atoms. The van der Waals surface area contributed by atoms with E-state index in [1.165, 1.54) is 20.8 Å². The molecule has 1 saturated carbocycles. The van der Waals surface area contributed by atoms with Gasteiger partial charge < -0.3 is 24.7 Å². The van der Waals surface area contributed by atoms with Gasteiger partial charge in [0.25, 0.3) is 0 Å². The van der Waals surface area contributed by atoms with Crippen LogP contribution in [0.3, 0.4) is 0 Å². The summed E-state index contributed by atoms with van der Waals surface area (Å²) in [6.45, 7) is 3.51. The highest BCUT2D eigenvalue weighted by Crippen LogP contribution is 2.41. The van der Waals surface area contributed by atoms with Crippen LogP contribution in [0.25, 0.3) is 11.2 Å². The zero-order valence-electron chi connectivity index (χ0n) is 19.7. The van der Waals surface area contributed by atoms with Crippen molar-refractivity contribution < 1.29 is 33.3 Å². The van der Waals surface area contributed by atoms with Crippen LogP contribution in [0.4, 0.5) is 5.95 Å². The quantitative estimate of drug-likeness (QED) is 0.346. The number of imidazole rings is 1. The van der Waals surface area contributed by atoms with Crippen molar-refractivity contribution in [3.8, 4) is 0 Å². The zero-order valence-corrected chi connectivity index (χ0v) is 20.5. The summed E-state index contributed by atoms with van der Waals surface area (Å²) in [5.74, 6) is -1.11. The van der Waals surface area contributed by atoms with Gasteiger partial charge in [-0.15, -0.1) is 0 Å². The predicted molar refractivity (Wildman–Crippen MR) is 122 cm³/mol. The Labute approximate surface area is 206 Å². The number of halogens is 1. The van der Waals surface area contributed by atoms with Gasteiger partial charge in [-0.1, -0.05) is 30.9 Å². The summed E-state index contributed by atoms with van der Waals surface area (Å²) in [4.78, 5) is 48.6. The third kappa shape index (κ3) is 5.32. The fraction of sp³-hybridized carbons (Fsp3) is 0.636. The fourth-order valence-electron chi connectivity index (χ4n) is 4.77. The first-order chi connectivity index (χ1) is 16.7. The van der Waals surface area contributed by atoms with Gasteiger partial charge in [0.15, 0.2) is 29.2 Å². The molecule has 35 heavy (non-hydrogen) atoms. The van der Waals surface area contributed by atoms with Crippen LogP contribution in [0.15, 0.2) is 0 Å². The van der Waals surface area contributed by atoms with Gasteiger partial charge in [0.2, 0.25) is 5.95 Å². The number of carbonyl (C=O) groups is 3. The highest BCUT2D eigenvalue weighted by atomic mass is 35.5. The molecule has 1 aliphatic carbocycles. The lowest BCUT2D eigenvalue weighted by Gasteiger charge is -2.27. The highest BCUT2D eigenvalue weighted by molar-refractivity contribution is 6.33. The van der Waals surface area contributed by atoms with Crippen molar-refractivity contribution in [1.82, 2.24) is 19.5 Å². The monoisotopic (exact) mass is 509 g/mol. The number of carbonyl (C=O) groups excluding carboxylic acids is 3. The van der Waals surface area contributed by atoms with Crippen LogP contribution in [-0.2, 0) is 33.3 Å². The van der Waals surface area contributed by atoms with Gasteiger partial charge in [0.1, 0.15) is 24.1 Å². The zero-order chi connectivity index (χ0) is 25.3. The van der Waals surface area contributed by atoms with Gasteiger partial charge in [0.05, 0.1) is 0 Å². The summed E-state index contributed by atoms with van der Waals surface area (Å²) in [6.07, 6.45) is 0.911. The standard InChI is InChI=1S/C22H28ClN5O7/c1-10(29)32-9-14-16(33-11(2)30)17(34-12(3)31)21(35-14)28-19(13-7-5-4-6-8-13)25-15-18(23)26-22(24)27-20(15)28/h13-14,16-17,21H,4-9H2,1-3H3,(H2,24,26,27)/t14-,16+,17-,21?/m0/s1. The Kier molecular flexibility index (Phi) is 7.41. The first kappa shape index (κ1) is 25.1. The van der Waals surface area contributed by atoms with Crippen molar-refractivity contribution in [3.63, 3.8) is 0 Å². The van der Waals surface area contributed by atoms with Crippen LogP contribution in [-0.4, -0.2) is 62.3 Å². The van der Waals surface area contributed by atoms with E-state index in [1.54, 1.807) is 4.57 Å². The lowest BCUT2D eigenvalue weighted by atomic mass is 9.88. The lowest BCUT2D eigenvalue weighted by Crippen LogP contribution is -2.40. The lowest BCUT2D eigenvalue weighted by molar-refractivity contribution is -0.166. The average molecular weight is 510 g/mol. The number of rotatable bonds is 6. The number of anilines is 1. The van der Waals surface area contributed by atoms with Crippen LogP contribution in [0, 0.1) is 0 Å². The molecule has 4 rings (SSSR count). The van der Waals surface area contributed by atoms with Crippen molar-refractivity contribution in [2.45, 2.75) is 83.3 Å².